The molecule has 0 saturated heterocycles. The Morgan fingerprint density at radius 1 is 0.545 bits per heavy atom. The number of benzene rings is 3. The number of rotatable bonds is 3. The van der Waals surface area contributed by atoms with E-state index in [1.807, 2.05) is 18.2 Å². The third-order valence-electron chi connectivity index (χ3n) is 3.62. The molecule has 0 nitrogen and oxygen atoms in total. The van der Waals surface area contributed by atoms with Crippen molar-refractivity contribution in [1.29, 1.82) is 0 Å². The van der Waals surface area contributed by atoms with Crippen molar-refractivity contribution in [2.24, 2.45) is 0 Å². The smallest absolute Gasteiger partial charge is 0.0755 e. The summed E-state index contributed by atoms with van der Waals surface area (Å²) in [5.41, 5.74) is 3.18. The first kappa shape index (κ1) is 16.8. The van der Waals surface area contributed by atoms with Gasteiger partial charge in [0.05, 0.1) is 5.66 Å². The first-order chi connectivity index (χ1) is 10.4. The molecule has 3 aromatic rings. The van der Waals surface area contributed by atoms with Crippen LogP contribution in [0.4, 0.5) is 0 Å². The average molecular weight is 484 g/mol. The molecule has 0 heterocycles. The van der Waals surface area contributed by atoms with Crippen molar-refractivity contribution in [3.8, 4) is 12.1 Å². The summed E-state index contributed by atoms with van der Waals surface area (Å²) in [5, 5.41) is 3.68. The minimum absolute atomic E-state index is 0. The third-order valence-corrected chi connectivity index (χ3v) is 7.23. The molecule has 0 spiro atoms. The monoisotopic (exact) mass is 484 g/mol. The number of terminal acetylenes is 1. The van der Waals surface area contributed by atoms with Gasteiger partial charge in [-0.05, 0) is 36.4 Å². The van der Waals surface area contributed by atoms with E-state index < -0.39 is 7.26 Å². The first-order valence-electron chi connectivity index (χ1n) is 6.92. The van der Waals surface area contributed by atoms with Crippen LogP contribution in [0.1, 0.15) is 0 Å². The molecule has 0 N–H and O–H groups in total. The van der Waals surface area contributed by atoms with E-state index in [9.17, 15) is 0 Å². The Hall–Kier alpha value is -1.61. The van der Waals surface area contributed by atoms with E-state index in [1.165, 1.54) is 15.9 Å². The standard InChI is InChI=1S/C20H16P.Au/c1-2-21(18-12-6-3-7-13-18,19-14-8-4-9-15-19)20-16-10-5-11-17-20;/h1,3-17H;/q+1;. The topological polar surface area (TPSA) is 0 Å². The molecule has 0 fully saturated rings. The SMILES string of the molecule is C#C[P+](c1ccccc1)(c1ccccc1)c1ccccc1.[Au]. The van der Waals surface area contributed by atoms with E-state index in [2.05, 4.69) is 78.5 Å². The second kappa shape index (κ2) is 7.59. The first-order valence-corrected chi connectivity index (χ1v) is 8.70. The van der Waals surface area contributed by atoms with Gasteiger partial charge in [0.2, 0.25) is 0 Å². The molecule has 0 saturated carbocycles. The van der Waals surface area contributed by atoms with E-state index in [0.29, 0.717) is 0 Å². The molecule has 22 heavy (non-hydrogen) atoms. The van der Waals surface area contributed by atoms with Gasteiger partial charge in [0.25, 0.3) is 0 Å². The molecule has 0 amide bonds. The van der Waals surface area contributed by atoms with Crippen molar-refractivity contribution in [1.82, 2.24) is 0 Å². The number of hydrogen-bond acceptors (Lipinski definition) is 0. The Morgan fingerprint density at radius 2 is 0.818 bits per heavy atom. The van der Waals surface area contributed by atoms with E-state index in [4.69, 9.17) is 6.42 Å². The third kappa shape index (κ3) is 2.95. The van der Waals surface area contributed by atoms with Crippen molar-refractivity contribution < 1.29 is 22.4 Å². The van der Waals surface area contributed by atoms with Crippen LogP contribution in [0.15, 0.2) is 91.0 Å². The van der Waals surface area contributed by atoms with Gasteiger partial charge in [-0.15, -0.1) is 0 Å². The van der Waals surface area contributed by atoms with Crippen LogP contribution in [0.3, 0.4) is 0 Å². The van der Waals surface area contributed by atoms with E-state index in [-0.39, 0.29) is 22.4 Å². The van der Waals surface area contributed by atoms with Crippen LogP contribution < -0.4 is 15.9 Å². The Bertz CT molecular complexity index is 649. The van der Waals surface area contributed by atoms with Gasteiger partial charge in [0, 0.05) is 22.4 Å². The Balaban J connectivity index is 0.00000176. The van der Waals surface area contributed by atoms with Crippen LogP contribution in [0.5, 0.6) is 0 Å². The summed E-state index contributed by atoms with van der Waals surface area (Å²) in [6, 6.07) is 31.4. The zero-order valence-electron chi connectivity index (χ0n) is 12.0. The van der Waals surface area contributed by atoms with Crippen molar-refractivity contribution in [3.05, 3.63) is 91.0 Å². The summed E-state index contributed by atoms with van der Waals surface area (Å²) in [5.74, 6) is 0. The van der Waals surface area contributed by atoms with E-state index in [0.717, 1.165) is 0 Å². The van der Waals surface area contributed by atoms with Gasteiger partial charge in [-0.3, -0.25) is 0 Å². The molecule has 2 heteroatoms. The molecule has 0 aromatic heterocycles. The molecule has 0 atom stereocenters. The summed E-state index contributed by atoms with van der Waals surface area (Å²) in [6.45, 7) is 0. The molecule has 0 bridgehead atoms. The summed E-state index contributed by atoms with van der Waals surface area (Å²) in [6.07, 6.45) is 6.10. The van der Waals surface area contributed by atoms with Crippen molar-refractivity contribution in [2.45, 2.75) is 0 Å². The Kier molecular flexibility index (Phi) is 5.78. The summed E-state index contributed by atoms with van der Waals surface area (Å²) in [7, 11) is -2.01. The van der Waals surface area contributed by atoms with Gasteiger partial charge in [-0.1, -0.05) is 61.0 Å². The maximum atomic E-state index is 6.10. The number of hydrogen-bond donors (Lipinski definition) is 0. The van der Waals surface area contributed by atoms with Gasteiger partial charge in [-0.2, -0.15) is 0 Å². The summed E-state index contributed by atoms with van der Waals surface area (Å²) in [4.78, 5) is 0. The average Bonchev–Trinajstić information content (AvgIpc) is 2.59. The Labute approximate surface area is 148 Å². The predicted octanol–water partition coefficient (Wildman–Crippen LogP) is 3.57. The molecular weight excluding hydrogens is 468 g/mol. The fraction of sp³-hybridized carbons (Fsp3) is 0. The van der Waals surface area contributed by atoms with Gasteiger partial charge in [-0.25, -0.2) is 0 Å². The molecule has 0 aliphatic carbocycles. The molecule has 0 aliphatic rings. The van der Waals surface area contributed by atoms with Crippen LogP contribution in [0, 0.1) is 12.1 Å². The van der Waals surface area contributed by atoms with Crippen LogP contribution in [0.2, 0.25) is 0 Å². The summed E-state index contributed by atoms with van der Waals surface area (Å²) < 4.78 is 0. The van der Waals surface area contributed by atoms with Gasteiger partial charge in [0.15, 0.2) is 7.26 Å². The van der Waals surface area contributed by atoms with Crippen LogP contribution in [-0.2, 0) is 22.4 Å². The zero-order chi connectivity index (χ0) is 14.5. The van der Waals surface area contributed by atoms with Gasteiger partial charge in [0.1, 0.15) is 15.9 Å². The molecule has 0 aliphatic heterocycles. The molecular formula is C20H16AuP+. The van der Waals surface area contributed by atoms with Crippen LogP contribution in [-0.4, -0.2) is 0 Å². The minimum atomic E-state index is -2.01. The molecule has 1 radical (unpaired) electrons. The predicted molar refractivity (Wildman–Crippen MR) is 94.0 cm³/mol. The van der Waals surface area contributed by atoms with Crippen molar-refractivity contribution in [2.75, 3.05) is 0 Å². The molecule has 0 unspecified atom stereocenters. The van der Waals surface area contributed by atoms with Gasteiger partial charge >= 0.3 is 0 Å². The van der Waals surface area contributed by atoms with E-state index in [1.54, 1.807) is 0 Å². The minimum Gasteiger partial charge on any atom is -0.0755 e. The largest absolute Gasteiger partial charge is 0.188 e. The Morgan fingerprint density at radius 3 is 1.05 bits per heavy atom. The molecule has 111 valence electrons. The quantitative estimate of drug-likeness (QED) is 0.303. The maximum absolute atomic E-state index is 6.10. The molecule has 3 rings (SSSR count). The van der Waals surface area contributed by atoms with Crippen LogP contribution in [0.25, 0.3) is 0 Å². The molecule has 3 aromatic carbocycles. The maximum Gasteiger partial charge on any atom is 0.188 e. The van der Waals surface area contributed by atoms with Crippen LogP contribution >= 0.6 is 7.26 Å². The summed E-state index contributed by atoms with van der Waals surface area (Å²) >= 11 is 0. The van der Waals surface area contributed by atoms with Crippen molar-refractivity contribution >= 4 is 23.2 Å². The van der Waals surface area contributed by atoms with Crippen molar-refractivity contribution in [3.63, 3.8) is 0 Å². The second-order valence-electron chi connectivity index (χ2n) is 4.81. The fourth-order valence-electron chi connectivity index (χ4n) is 2.63. The van der Waals surface area contributed by atoms with E-state index >= 15 is 0 Å². The zero-order valence-corrected chi connectivity index (χ0v) is 15.0. The second-order valence-corrected chi connectivity index (χ2v) is 7.96. The van der Waals surface area contributed by atoms with Gasteiger partial charge < -0.3 is 0 Å². The fourth-order valence-corrected chi connectivity index (χ4v) is 5.83. The normalized spacial score (nSPS) is 10.3.